The maximum Gasteiger partial charge on any atom is 0.258 e. The van der Waals surface area contributed by atoms with Crippen LogP contribution in [-0.4, -0.2) is 30.0 Å². The highest BCUT2D eigenvalue weighted by Gasteiger charge is 2.29. The van der Waals surface area contributed by atoms with Crippen molar-refractivity contribution in [3.05, 3.63) is 101 Å². The summed E-state index contributed by atoms with van der Waals surface area (Å²) in [6, 6.07) is 28.1. The molecule has 1 amide bonds. The summed E-state index contributed by atoms with van der Waals surface area (Å²) in [7, 11) is 0. The molecule has 0 aromatic heterocycles. The van der Waals surface area contributed by atoms with Crippen LogP contribution in [0.5, 0.6) is 5.75 Å². The fourth-order valence-electron chi connectivity index (χ4n) is 4.39. The minimum atomic E-state index is -0.0365. The number of amides is 1. The van der Waals surface area contributed by atoms with Gasteiger partial charge < -0.3 is 10.1 Å². The summed E-state index contributed by atoms with van der Waals surface area (Å²) in [5, 5.41) is 2.98. The van der Waals surface area contributed by atoms with Crippen molar-refractivity contribution in [2.24, 2.45) is 0 Å². The standard InChI is InChI=1S/C27H28N2O2/c30-26(28-23-12-13-23)19-31-24-14-11-21-15-16-29(18-20-7-3-1-4-8-20)27(25(21)17-24)22-9-5-2-6-10-22/h1-11,14,17,23,27H,12-13,15-16,18-19H2,(H,28,30). The van der Waals surface area contributed by atoms with Crippen molar-refractivity contribution in [1.29, 1.82) is 0 Å². The Morgan fingerprint density at radius 1 is 0.968 bits per heavy atom. The molecular formula is C27H28N2O2. The molecule has 1 fully saturated rings. The topological polar surface area (TPSA) is 41.6 Å². The molecule has 4 heteroatoms. The van der Waals surface area contributed by atoms with Crippen LogP contribution in [0.2, 0.25) is 0 Å². The van der Waals surface area contributed by atoms with Gasteiger partial charge in [0, 0.05) is 19.1 Å². The number of nitrogens with one attached hydrogen (secondary N) is 1. The van der Waals surface area contributed by atoms with Gasteiger partial charge in [-0.1, -0.05) is 66.7 Å². The average Bonchev–Trinajstić information content (AvgIpc) is 3.62. The molecule has 3 aromatic rings. The number of ether oxygens (including phenoxy) is 1. The number of fused-ring (bicyclic) bond motifs is 1. The smallest absolute Gasteiger partial charge is 0.258 e. The van der Waals surface area contributed by atoms with Crippen molar-refractivity contribution in [1.82, 2.24) is 10.2 Å². The average molecular weight is 413 g/mol. The van der Waals surface area contributed by atoms with Gasteiger partial charge in [0.15, 0.2) is 6.61 Å². The van der Waals surface area contributed by atoms with Gasteiger partial charge >= 0.3 is 0 Å². The third-order valence-corrected chi connectivity index (χ3v) is 6.10. The highest BCUT2D eigenvalue weighted by atomic mass is 16.5. The third-order valence-electron chi connectivity index (χ3n) is 6.10. The summed E-state index contributed by atoms with van der Waals surface area (Å²) in [4.78, 5) is 14.6. The van der Waals surface area contributed by atoms with E-state index in [9.17, 15) is 4.79 Å². The van der Waals surface area contributed by atoms with Gasteiger partial charge in [0.25, 0.3) is 5.91 Å². The van der Waals surface area contributed by atoms with Crippen molar-refractivity contribution < 1.29 is 9.53 Å². The summed E-state index contributed by atoms with van der Waals surface area (Å²) in [6.07, 6.45) is 3.18. The number of carbonyl (C=O) groups excluding carboxylic acids is 1. The monoisotopic (exact) mass is 412 g/mol. The Balaban J connectivity index is 1.41. The molecular weight excluding hydrogens is 384 g/mol. The van der Waals surface area contributed by atoms with Crippen molar-refractivity contribution in [2.45, 2.75) is 37.9 Å². The molecule has 5 rings (SSSR count). The number of nitrogens with zero attached hydrogens (tertiary/aromatic N) is 1. The third kappa shape index (κ3) is 4.80. The van der Waals surface area contributed by atoms with E-state index >= 15 is 0 Å². The first kappa shape index (κ1) is 19.8. The molecule has 1 unspecified atom stereocenters. The van der Waals surface area contributed by atoms with Gasteiger partial charge in [-0.3, -0.25) is 9.69 Å². The van der Waals surface area contributed by atoms with Gasteiger partial charge in [-0.15, -0.1) is 0 Å². The molecule has 1 atom stereocenters. The largest absolute Gasteiger partial charge is 0.484 e. The predicted octanol–water partition coefficient (Wildman–Crippen LogP) is 4.49. The number of hydrogen-bond acceptors (Lipinski definition) is 3. The summed E-state index contributed by atoms with van der Waals surface area (Å²) in [5.41, 5.74) is 5.22. The van der Waals surface area contributed by atoms with E-state index in [2.05, 4.69) is 83.0 Å². The minimum absolute atomic E-state index is 0.0365. The summed E-state index contributed by atoms with van der Waals surface area (Å²) in [5.74, 6) is 0.720. The van der Waals surface area contributed by atoms with Crippen LogP contribution in [0.3, 0.4) is 0 Å². The molecule has 3 aromatic carbocycles. The second-order valence-electron chi connectivity index (χ2n) is 8.51. The fraction of sp³-hybridized carbons (Fsp3) is 0.296. The van der Waals surface area contributed by atoms with Gasteiger partial charge in [-0.25, -0.2) is 0 Å². The lowest BCUT2D eigenvalue weighted by molar-refractivity contribution is -0.123. The fourth-order valence-corrected chi connectivity index (χ4v) is 4.39. The van der Waals surface area contributed by atoms with Crippen molar-refractivity contribution in [3.8, 4) is 5.75 Å². The lowest BCUT2D eigenvalue weighted by Gasteiger charge is -2.38. The van der Waals surface area contributed by atoms with Gasteiger partial charge in [-0.05, 0) is 53.6 Å². The molecule has 0 radical (unpaired) electrons. The summed E-state index contributed by atoms with van der Waals surface area (Å²) < 4.78 is 5.87. The van der Waals surface area contributed by atoms with Crippen LogP contribution in [-0.2, 0) is 17.8 Å². The van der Waals surface area contributed by atoms with Gasteiger partial charge in [-0.2, -0.15) is 0 Å². The number of carbonyl (C=O) groups is 1. The molecule has 31 heavy (non-hydrogen) atoms. The quantitative estimate of drug-likeness (QED) is 0.622. The zero-order valence-corrected chi connectivity index (χ0v) is 17.7. The SMILES string of the molecule is O=C(COc1ccc2c(c1)C(c1ccccc1)N(Cc1ccccc1)CC2)NC1CC1. The summed E-state index contributed by atoms with van der Waals surface area (Å²) >= 11 is 0. The van der Waals surface area contributed by atoms with Crippen LogP contribution in [0.4, 0.5) is 0 Å². The molecule has 1 saturated carbocycles. The van der Waals surface area contributed by atoms with Gasteiger partial charge in [0.05, 0.1) is 6.04 Å². The van der Waals surface area contributed by atoms with E-state index in [1.54, 1.807) is 0 Å². The van der Waals surface area contributed by atoms with E-state index in [0.29, 0.717) is 6.04 Å². The first-order valence-corrected chi connectivity index (χ1v) is 11.1. The molecule has 1 aliphatic carbocycles. The van der Waals surface area contributed by atoms with Crippen LogP contribution in [0.1, 0.15) is 41.1 Å². The van der Waals surface area contributed by atoms with E-state index in [1.165, 1.54) is 22.3 Å². The molecule has 1 N–H and O–H groups in total. The van der Waals surface area contributed by atoms with Crippen molar-refractivity contribution >= 4 is 5.91 Å². The zero-order chi connectivity index (χ0) is 21.0. The first-order valence-electron chi connectivity index (χ1n) is 11.1. The number of benzene rings is 3. The highest BCUT2D eigenvalue weighted by Crippen LogP contribution is 2.38. The number of rotatable bonds is 7. The Morgan fingerprint density at radius 3 is 2.45 bits per heavy atom. The molecule has 1 heterocycles. The van der Waals surface area contributed by atoms with E-state index < -0.39 is 0 Å². The van der Waals surface area contributed by atoms with Crippen LogP contribution >= 0.6 is 0 Å². The molecule has 0 saturated heterocycles. The Morgan fingerprint density at radius 2 is 1.71 bits per heavy atom. The van der Waals surface area contributed by atoms with Gasteiger partial charge in [0.2, 0.25) is 0 Å². The van der Waals surface area contributed by atoms with E-state index in [1.807, 2.05) is 6.07 Å². The van der Waals surface area contributed by atoms with E-state index in [-0.39, 0.29) is 18.6 Å². The summed E-state index contributed by atoms with van der Waals surface area (Å²) in [6.45, 7) is 1.97. The normalized spacial score (nSPS) is 18.3. The Kier molecular flexibility index (Phi) is 5.72. The van der Waals surface area contributed by atoms with Crippen LogP contribution < -0.4 is 10.1 Å². The van der Waals surface area contributed by atoms with E-state index in [0.717, 1.165) is 38.1 Å². The van der Waals surface area contributed by atoms with Crippen molar-refractivity contribution in [2.75, 3.05) is 13.2 Å². The second-order valence-corrected chi connectivity index (χ2v) is 8.51. The zero-order valence-electron chi connectivity index (χ0n) is 17.7. The second kappa shape index (κ2) is 8.94. The highest BCUT2D eigenvalue weighted by molar-refractivity contribution is 5.78. The number of hydrogen-bond donors (Lipinski definition) is 1. The lowest BCUT2D eigenvalue weighted by Crippen LogP contribution is -2.35. The van der Waals surface area contributed by atoms with Crippen LogP contribution in [0.25, 0.3) is 0 Å². The molecule has 0 bridgehead atoms. The molecule has 0 spiro atoms. The maximum atomic E-state index is 12.1. The van der Waals surface area contributed by atoms with Crippen LogP contribution in [0.15, 0.2) is 78.9 Å². The maximum absolute atomic E-state index is 12.1. The molecule has 158 valence electrons. The minimum Gasteiger partial charge on any atom is -0.484 e. The lowest BCUT2D eigenvalue weighted by atomic mass is 9.87. The van der Waals surface area contributed by atoms with Gasteiger partial charge in [0.1, 0.15) is 5.75 Å². The first-order chi connectivity index (χ1) is 15.3. The predicted molar refractivity (Wildman–Crippen MR) is 122 cm³/mol. The molecule has 1 aliphatic heterocycles. The Hall–Kier alpha value is -3.11. The van der Waals surface area contributed by atoms with E-state index in [4.69, 9.17) is 4.74 Å². The van der Waals surface area contributed by atoms with Crippen molar-refractivity contribution in [3.63, 3.8) is 0 Å². The molecule has 2 aliphatic rings. The Labute approximate surface area is 183 Å². The Bertz CT molecular complexity index is 1030. The molecule has 4 nitrogen and oxygen atoms in total. The van der Waals surface area contributed by atoms with Crippen LogP contribution in [0, 0.1) is 0 Å².